The minimum absolute atomic E-state index is 0.444. The number of hydrogen-bond donors (Lipinski definition) is 1. The number of fused-ring (bicyclic) bond motifs is 2. The maximum absolute atomic E-state index is 8.56. The zero-order valence-corrected chi connectivity index (χ0v) is 10.3. The van der Waals surface area contributed by atoms with Crippen LogP contribution in [0, 0.1) is 11.3 Å². The Bertz CT molecular complexity index is 551. The third-order valence-corrected chi connectivity index (χ3v) is 3.94. The molecule has 86 valence electrons. The van der Waals surface area contributed by atoms with Crippen LogP contribution in [0.5, 0.6) is 0 Å². The van der Waals surface area contributed by atoms with Crippen molar-refractivity contribution in [3.05, 3.63) is 23.3 Å². The summed E-state index contributed by atoms with van der Waals surface area (Å²) in [5, 5.41) is 9.41. The Morgan fingerprint density at radius 3 is 2.82 bits per heavy atom. The fourth-order valence-electron chi connectivity index (χ4n) is 2.39. The zero-order valence-electron chi connectivity index (χ0n) is 9.49. The molecule has 0 fully saturated rings. The number of benzene rings is 1. The first-order valence-electron chi connectivity index (χ1n) is 5.88. The fraction of sp³-hybridized carbons (Fsp3) is 0.385. The molecule has 1 N–H and O–H groups in total. The molecule has 0 radical (unpaired) electrons. The third-order valence-electron chi connectivity index (χ3n) is 3.20. The molecule has 0 saturated heterocycles. The van der Waals surface area contributed by atoms with Gasteiger partial charge in [-0.1, -0.05) is 11.8 Å². The van der Waals surface area contributed by atoms with Crippen molar-refractivity contribution >= 4 is 22.8 Å². The average Bonchev–Trinajstić information content (AvgIpc) is 2.75. The van der Waals surface area contributed by atoms with Gasteiger partial charge in [-0.3, -0.25) is 0 Å². The number of rotatable bonds is 2. The van der Waals surface area contributed by atoms with Gasteiger partial charge >= 0.3 is 0 Å². The summed E-state index contributed by atoms with van der Waals surface area (Å²) in [6.45, 7) is 0. The van der Waals surface area contributed by atoms with Crippen LogP contribution in [-0.4, -0.2) is 15.7 Å². The summed E-state index contributed by atoms with van der Waals surface area (Å²) in [6.07, 6.45) is 4.95. The van der Waals surface area contributed by atoms with Crippen molar-refractivity contribution in [1.82, 2.24) is 9.97 Å². The van der Waals surface area contributed by atoms with Gasteiger partial charge in [0.25, 0.3) is 0 Å². The van der Waals surface area contributed by atoms with Crippen molar-refractivity contribution in [2.45, 2.75) is 30.8 Å². The monoisotopic (exact) mass is 243 g/mol. The number of nitriles is 1. The first kappa shape index (κ1) is 10.7. The number of aryl methyl sites for hydroxylation is 2. The first-order chi connectivity index (χ1) is 8.36. The van der Waals surface area contributed by atoms with E-state index in [-0.39, 0.29) is 0 Å². The van der Waals surface area contributed by atoms with Gasteiger partial charge in [0.2, 0.25) is 0 Å². The van der Waals surface area contributed by atoms with Gasteiger partial charge in [-0.2, -0.15) is 5.26 Å². The third kappa shape index (κ3) is 2.03. The highest BCUT2D eigenvalue weighted by Gasteiger charge is 2.12. The van der Waals surface area contributed by atoms with E-state index in [0.717, 1.165) is 16.2 Å². The topological polar surface area (TPSA) is 52.5 Å². The molecule has 3 rings (SSSR count). The summed E-state index contributed by atoms with van der Waals surface area (Å²) < 4.78 is 0. The number of nitrogens with zero attached hydrogens (tertiary/aromatic N) is 2. The van der Waals surface area contributed by atoms with Crippen molar-refractivity contribution in [2.75, 3.05) is 5.75 Å². The van der Waals surface area contributed by atoms with E-state index < -0.39 is 0 Å². The van der Waals surface area contributed by atoms with E-state index in [9.17, 15) is 0 Å². The van der Waals surface area contributed by atoms with Gasteiger partial charge in [0.05, 0.1) is 22.9 Å². The molecule has 1 aliphatic carbocycles. The molecule has 1 aliphatic rings. The largest absolute Gasteiger partial charge is 0.333 e. The van der Waals surface area contributed by atoms with Gasteiger partial charge in [0.1, 0.15) is 0 Å². The SMILES string of the molecule is N#CCSc1nc2cc3c(cc2[nH]1)CCCC3. The molecule has 0 amide bonds. The van der Waals surface area contributed by atoms with Gasteiger partial charge in [-0.15, -0.1) is 0 Å². The second kappa shape index (κ2) is 4.42. The number of thioether (sulfide) groups is 1. The lowest BCUT2D eigenvalue weighted by Crippen LogP contribution is -2.01. The Hall–Kier alpha value is -1.47. The molecule has 0 bridgehead atoms. The van der Waals surface area contributed by atoms with Gasteiger partial charge in [0.15, 0.2) is 5.16 Å². The molecular weight excluding hydrogens is 230 g/mol. The predicted octanol–water partition coefficient (Wildman–Crippen LogP) is 3.06. The van der Waals surface area contributed by atoms with E-state index in [1.54, 1.807) is 0 Å². The number of hydrogen-bond acceptors (Lipinski definition) is 3. The van der Waals surface area contributed by atoms with Crippen LogP contribution in [0.3, 0.4) is 0 Å². The summed E-state index contributed by atoms with van der Waals surface area (Å²) in [5.74, 6) is 0.444. The van der Waals surface area contributed by atoms with Crippen molar-refractivity contribution in [1.29, 1.82) is 5.26 Å². The highest BCUT2D eigenvalue weighted by molar-refractivity contribution is 7.99. The average molecular weight is 243 g/mol. The van der Waals surface area contributed by atoms with Crippen molar-refractivity contribution in [3.8, 4) is 6.07 Å². The molecule has 2 aromatic rings. The van der Waals surface area contributed by atoms with Crippen LogP contribution in [0.2, 0.25) is 0 Å². The van der Waals surface area contributed by atoms with Crippen molar-refractivity contribution in [2.24, 2.45) is 0 Å². The molecule has 1 aromatic heterocycles. The molecule has 4 heteroatoms. The Morgan fingerprint density at radius 1 is 1.29 bits per heavy atom. The number of nitrogens with one attached hydrogen (secondary N) is 1. The van der Waals surface area contributed by atoms with Crippen LogP contribution in [-0.2, 0) is 12.8 Å². The van der Waals surface area contributed by atoms with E-state index in [1.165, 1.54) is 48.6 Å². The fourth-order valence-corrected chi connectivity index (χ4v) is 2.93. The van der Waals surface area contributed by atoms with Gasteiger partial charge in [-0.25, -0.2) is 4.98 Å². The van der Waals surface area contributed by atoms with E-state index >= 15 is 0 Å². The molecule has 0 atom stereocenters. The van der Waals surface area contributed by atoms with Crippen molar-refractivity contribution in [3.63, 3.8) is 0 Å². The van der Waals surface area contributed by atoms with E-state index in [4.69, 9.17) is 5.26 Å². The maximum Gasteiger partial charge on any atom is 0.167 e. The van der Waals surface area contributed by atoms with Gasteiger partial charge < -0.3 is 4.98 Å². The summed E-state index contributed by atoms with van der Waals surface area (Å²) >= 11 is 1.46. The standard InChI is InChI=1S/C13H13N3S/c14-5-6-17-13-15-11-7-9-3-1-2-4-10(9)8-12(11)16-13/h7-8H,1-4,6H2,(H,15,16). The van der Waals surface area contributed by atoms with Crippen LogP contribution >= 0.6 is 11.8 Å². The van der Waals surface area contributed by atoms with Crippen LogP contribution in [0.4, 0.5) is 0 Å². The van der Waals surface area contributed by atoms with E-state index in [2.05, 4.69) is 28.2 Å². The lowest BCUT2D eigenvalue weighted by Gasteiger charge is -2.14. The van der Waals surface area contributed by atoms with Crippen LogP contribution in [0.25, 0.3) is 11.0 Å². The van der Waals surface area contributed by atoms with Crippen LogP contribution < -0.4 is 0 Å². The van der Waals surface area contributed by atoms with Gasteiger partial charge in [-0.05, 0) is 48.9 Å². The molecular formula is C13H13N3S. The van der Waals surface area contributed by atoms with E-state index in [1.807, 2.05) is 0 Å². The Balaban J connectivity index is 2.01. The smallest absolute Gasteiger partial charge is 0.167 e. The molecule has 0 aliphatic heterocycles. The molecule has 0 saturated carbocycles. The highest BCUT2D eigenvalue weighted by Crippen LogP contribution is 2.27. The lowest BCUT2D eigenvalue weighted by atomic mass is 9.91. The summed E-state index contributed by atoms with van der Waals surface area (Å²) in [5.41, 5.74) is 5.05. The molecule has 3 nitrogen and oxygen atoms in total. The normalized spacial score (nSPS) is 14.5. The summed E-state index contributed by atoms with van der Waals surface area (Å²) in [7, 11) is 0. The quantitative estimate of drug-likeness (QED) is 0.825. The summed E-state index contributed by atoms with van der Waals surface area (Å²) in [6, 6.07) is 6.55. The maximum atomic E-state index is 8.56. The molecule has 0 spiro atoms. The Morgan fingerprint density at radius 2 is 2.06 bits per heavy atom. The van der Waals surface area contributed by atoms with Gasteiger partial charge in [0, 0.05) is 0 Å². The lowest BCUT2D eigenvalue weighted by molar-refractivity contribution is 0.687. The Kier molecular flexibility index (Phi) is 2.77. The number of aromatic amines is 1. The van der Waals surface area contributed by atoms with Crippen LogP contribution in [0.15, 0.2) is 17.3 Å². The van der Waals surface area contributed by atoms with E-state index in [0.29, 0.717) is 5.75 Å². The zero-order chi connectivity index (χ0) is 11.7. The molecule has 0 unspecified atom stereocenters. The summed E-state index contributed by atoms with van der Waals surface area (Å²) in [4.78, 5) is 7.80. The first-order valence-corrected chi connectivity index (χ1v) is 6.86. The predicted molar refractivity (Wildman–Crippen MR) is 69.1 cm³/mol. The number of imidazole rings is 1. The Labute approximate surface area is 104 Å². The second-order valence-electron chi connectivity index (χ2n) is 4.33. The number of aromatic nitrogens is 2. The second-order valence-corrected chi connectivity index (χ2v) is 5.30. The highest BCUT2D eigenvalue weighted by atomic mass is 32.2. The molecule has 17 heavy (non-hydrogen) atoms. The molecule has 1 heterocycles. The van der Waals surface area contributed by atoms with Crippen LogP contribution in [0.1, 0.15) is 24.0 Å². The molecule has 1 aromatic carbocycles. The number of H-pyrrole nitrogens is 1. The minimum atomic E-state index is 0.444. The van der Waals surface area contributed by atoms with Crippen molar-refractivity contribution < 1.29 is 0 Å². The minimum Gasteiger partial charge on any atom is -0.333 e.